The molecular formula is C15H28N6O6. The number of amides is 4. The molecule has 0 fully saturated rings. The molecule has 0 aromatic heterocycles. The highest BCUT2D eigenvalue weighted by molar-refractivity contribution is 5.93. The summed E-state index contributed by atoms with van der Waals surface area (Å²) < 4.78 is 0. The number of aliphatic carboxylic acids is 1. The van der Waals surface area contributed by atoms with E-state index in [9.17, 15) is 24.0 Å². The Bertz CT molecular complexity index is 555. The molecule has 0 saturated carbocycles. The van der Waals surface area contributed by atoms with Crippen molar-refractivity contribution in [3.05, 3.63) is 0 Å². The third-order valence-corrected chi connectivity index (χ3v) is 3.64. The molecule has 0 unspecified atom stereocenters. The lowest BCUT2D eigenvalue weighted by atomic mass is 10.1. The van der Waals surface area contributed by atoms with Crippen LogP contribution in [0.3, 0.4) is 0 Å². The van der Waals surface area contributed by atoms with Gasteiger partial charge in [-0.15, -0.1) is 0 Å². The Balaban J connectivity index is 5.01. The van der Waals surface area contributed by atoms with E-state index in [0.29, 0.717) is 19.4 Å². The molecule has 0 saturated heterocycles. The van der Waals surface area contributed by atoms with Crippen LogP contribution in [0.5, 0.6) is 0 Å². The average Bonchev–Trinajstić information content (AvgIpc) is 2.57. The maximum atomic E-state index is 12.4. The van der Waals surface area contributed by atoms with Crippen LogP contribution < -0.4 is 33.6 Å². The fourth-order valence-electron chi connectivity index (χ4n) is 2.14. The number of carboxylic acids is 1. The Labute approximate surface area is 156 Å². The third-order valence-electron chi connectivity index (χ3n) is 3.64. The van der Waals surface area contributed by atoms with Crippen LogP contribution in [0.2, 0.25) is 0 Å². The maximum absolute atomic E-state index is 12.4. The van der Waals surface area contributed by atoms with Crippen LogP contribution in [0.25, 0.3) is 0 Å². The van der Waals surface area contributed by atoms with Gasteiger partial charge in [0.15, 0.2) is 0 Å². The highest BCUT2D eigenvalue weighted by Gasteiger charge is 2.28. The first-order chi connectivity index (χ1) is 12.6. The molecule has 0 aliphatic carbocycles. The lowest BCUT2D eigenvalue weighted by Crippen LogP contribution is -2.55. The van der Waals surface area contributed by atoms with Crippen molar-refractivity contribution in [3.63, 3.8) is 0 Å². The highest BCUT2D eigenvalue weighted by atomic mass is 16.4. The molecule has 0 heterocycles. The predicted molar refractivity (Wildman–Crippen MR) is 94.6 cm³/mol. The largest absolute Gasteiger partial charge is 0.480 e. The van der Waals surface area contributed by atoms with Crippen LogP contribution in [0.4, 0.5) is 0 Å². The van der Waals surface area contributed by atoms with Crippen molar-refractivity contribution in [2.45, 2.75) is 56.7 Å². The Hall–Kier alpha value is -2.73. The van der Waals surface area contributed by atoms with Crippen molar-refractivity contribution in [3.8, 4) is 0 Å². The van der Waals surface area contributed by atoms with Gasteiger partial charge in [0, 0.05) is 6.42 Å². The number of carbonyl (C=O) groups excluding carboxylic acids is 4. The van der Waals surface area contributed by atoms with Gasteiger partial charge in [-0.05, 0) is 32.2 Å². The second kappa shape index (κ2) is 12.6. The topological polar surface area (TPSA) is 234 Å². The normalized spacial score (nSPS) is 13.9. The molecule has 0 aromatic rings. The van der Waals surface area contributed by atoms with Crippen LogP contribution in [0.1, 0.15) is 38.5 Å². The summed E-state index contributed by atoms with van der Waals surface area (Å²) in [5, 5.41) is 13.7. The summed E-state index contributed by atoms with van der Waals surface area (Å²) in [5.74, 6) is -4.44. The molecule has 12 nitrogen and oxygen atoms in total. The highest BCUT2D eigenvalue weighted by Crippen LogP contribution is 2.04. The molecule has 12 heteroatoms. The summed E-state index contributed by atoms with van der Waals surface area (Å²) in [7, 11) is 0. The number of rotatable bonds is 14. The molecule has 3 atom stereocenters. The second-order valence-corrected chi connectivity index (χ2v) is 6.03. The third kappa shape index (κ3) is 10.8. The fraction of sp³-hybridized carbons (Fsp3) is 0.667. The number of carboxylic acid groups (broad SMARTS) is 1. The van der Waals surface area contributed by atoms with E-state index in [1.807, 2.05) is 0 Å². The van der Waals surface area contributed by atoms with Gasteiger partial charge in [-0.3, -0.25) is 19.2 Å². The molecule has 154 valence electrons. The lowest BCUT2D eigenvalue weighted by Gasteiger charge is -2.22. The quantitative estimate of drug-likeness (QED) is 0.148. The second-order valence-electron chi connectivity index (χ2n) is 6.03. The van der Waals surface area contributed by atoms with E-state index in [0.717, 1.165) is 0 Å². The smallest absolute Gasteiger partial charge is 0.326 e. The summed E-state index contributed by atoms with van der Waals surface area (Å²) in [6.45, 7) is 0.375. The predicted octanol–water partition coefficient (Wildman–Crippen LogP) is -3.36. The summed E-state index contributed by atoms with van der Waals surface area (Å²) in [4.78, 5) is 57.3. The summed E-state index contributed by atoms with van der Waals surface area (Å²) in [5.41, 5.74) is 21.0. The Morgan fingerprint density at radius 1 is 0.852 bits per heavy atom. The zero-order valence-electron chi connectivity index (χ0n) is 15.0. The summed E-state index contributed by atoms with van der Waals surface area (Å²) in [6.07, 6.45) is 0.551. The zero-order chi connectivity index (χ0) is 21.0. The molecule has 4 amide bonds. The van der Waals surface area contributed by atoms with Crippen molar-refractivity contribution in [2.75, 3.05) is 6.54 Å². The van der Waals surface area contributed by atoms with Crippen LogP contribution in [-0.4, -0.2) is 59.4 Å². The monoisotopic (exact) mass is 388 g/mol. The van der Waals surface area contributed by atoms with Crippen LogP contribution in [0.15, 0.2) is 0 Å². The van der Waals surface area contributed by atoms with Gasteiger partial charge in [0.2, 0.25) is 23.6 Å². The van der Waals surface area contributed by atoms with Crippen molar-refractivity contribution in [2.24, 2.45) is 22.9 Å². The van der Waals surface area contributed by atoms with E-state index in [2.05, 4.69) is 10.6 Å². The van der Waals surface area contributed by atoms with Gasteiger partial charge < -0.3 is 38.7 Å². The van der Waals surface area contributed by atoms with Gasteiger partial charge in [0.1, 0.15) is 12.1 Å². The van der Waals surface area contributed by atoms with Crippen LogP contribution in [-0.2, 0) is 24.0 Å². The Kier molecular flexibility index (Phi) is 11.3. The number of carbonyl (C=O) groups is 5. The molecule has 0 aliphatic rings. The number of nitrogens with two attached hydrogens (primary N) is 4. The van der Waals surface area contributed by atoms with E-state index in [-0.39, 0.29) is 19.3 Å². The molecule has 0 bridgehead atoms. The zero-order valence-corrected chi connectivity index (χ0v) is 15.0. The van der Waals surface area contributed by atoms with Gasteiger partial charge in [-0.2, -0.15) is 0 Å². The van der Waals surface area contributed by atoms with Gasteiger partial charge in [-0.1, -0.05) is 0 Å². The molecular weight excluding hydrogens is 360 g/mol. The molecule has 27 heavy (non-hydrogen) atoms. The molecule has 0 rings (SSSR count). The number of hydrogen-bond donors (Lipinski definition) is 7. The number of primary amides is 2. The van der Waals surface area contributed by atoms with Crippen LogP contribution >= 0.6 is 0 Å². The average molecular weight is 388 g/mol. The fourth-order valence-corrected chi connectivity index (χ4v) is 2.14. The van der Waals surface area contributed by atoms with Crippen molar-refractivity contribution in [1.29, 1.82) is 0 Å². The number of nitrogens with one attached hydrogen (secondary N) is 2. The minimum absolute atomic E-state index is 0.00225. The minimum atomic E-state index is -1.52. The molecule has 0 spiro atoms. The first-order valence-corrected chi connectivity index (χ1v) is 8.44. The number of hydrogen-bond acceptors (Lipinski definition) is 7. The van der Waals surface area contributed by atoms with Crippen LogP contribution in [0, 0.1) is 0 Å². The van der Waals surface area contributed by atoms with E-state index in [1.54, 1.807) is 0 Å². The maximum Gasteiger partial charge on any atom is 0.326 e. The standard InChI is InChI=1S/C15H28N6O6/c16-6-2-1-3-9(20-13(24)8(17)4-5-11(18)22)14(25)21-10(15(26)27)7-12(19)23/h8-10H,1-7,16-17H2,(H2,18,22)(H2,19,23)(H,20,24)(H,21,25)(H,26,27)/t8-,9-,10-/m0/s1. The summed E-state index contributed by atoms with van der Waals surface area (Å²) >= 11 is 0. The molecule has 11 N–H and O–H groups in total. The SMILES string of the molecule is NCCCC[C@H](NC(=O)[C@@H](N)CCC(N)=O)C(=O)N[C@@H](CC(N)=O)C(=O)O. The lowest BCUT2D eigenvalue weighted by molar-refractivity contribution is -0.143. The Morgan fingerprint density at radius 3 is 1.93 bits per heavy atom. The Morgan fingerprint density at radius 2 is 1.44 bits per heavy atom. The van der Waals surface area contributed by atoms with Crippen molar-refractivity contribution < 1.29 is 29.1 Å². The number of unbranched alkanes of at least 4 members (excludes halogenated alkanes) is 1. The van der Waals surface area contributed by atoms with Gasteiger partial charge in [0.25, 0.3) is 0 Å². The van der Waals surface area contributed by atoms with Gasteiger partial charge >= 0.3 is 5.97 Å². The first kappa shape index (κ1) is 24.3. The summed E-state index contributed by atoms with van der Waals surface area (Å²) in [6, 6.07) is -3.67. The van der Waals surface area contributed by atoms with E-state index >= 15 is 0 Å². The molecule has 0 aromatic carbocycles. The van der Waals surface area contributed by atoms with Crippen molar-refractivity contribution in [1.82, 2.24) is 10.6 Å². The molecule has 0 radical (unpaired) electrons. The molecule has 0 aliphatic heterocycles. The van der Waals surface area contributed by atoms with E-state index in [1.165, 1.54) is 0 Å². The van der Waals surface area contributed by atoms with E-state index in [4.69, 9.17) is 28.0 Å². The first-order valence-electron chi connectivity index (χ1n) is 8.44. The van der Waals surface area contributed by atoms with E-state index < -0.39 is 54.1 Å². The van der Waals surface area contributed by atoms with Gasteiger partial charge in [-0.25, -0.2) is 4.79 Å². The van der Waals surface area contributed by atoms with Crippen molar-refractivity contribution >= 4 is 29.6 Å². The minimum Gasteiger partial charge on any atom is -0.480 e. The van der Waals surface area contributed by atoms with Gasteiger partial charge in [0.05, 0.1) is 12.5 Å².